The summed E-state index contributed by atoms with van der Waals surface area (Å²) in [5, 5.41) is 12.4. The van der Waals surface area contributed by atoms with Crippen LogP contribution in [0.25, 0.3) is 5.69 Å². The summed E-state index contributed by atoms with van der Waals surface area (Å²) in [6.07, 6.45) is 5.27. The second-order valence-corrected chi connectivity index (χ2v) is 4.48. The molecular weight excluding hydrogens is 254 g/mol. The number of Topliss-reactive ketones (excluding diaryl/α,β-unsaturated/α-hetero) is 1. The van der Waals surface area contributed by atoms with Crippen molar-refractivity contribution in [2.24, 2.45) is 7.05 Å². The molecule has 1 aromatic carbocycles. The number of nitrogens with zero attached hydrogens (tertiary/aromatic N) is 5. The molecule has 0 radical (unpaired) electrons. The normalized spacial score (nSPS) is 10.7. The van der Waals surface area contributed by atoms with Crippen LogP contribution in [0.3, 0.4) is 0 Å². The van der Waals surface area contributed by atoms with E-state index in [0.29, 0.717) is 5.69 Å². The molecule has 0 aliphatic rings. The van der Waals surface area contributed by atoms with Gasteiger partial charge >= 0.3 is 0 Å². The van der Waals surface area contributed by atoms with Crippen LogP contribution in [0.5, 0.6) is 0 Å². The van der Waals surface area contributed by atoms with E-state index in [2.05, 4.69) is 15.3 Å². The number of hydrogen-bond acceptors (Lipinski definition) is 4. The van der Waals surface area contributed by atoms with Crippen molar-refractivity contribution in [2.75, 3.05) is 0 Å². The summed E-state index contributed by atoms with van der Waals surface area (Å²) in [4.78, 5) is 13.6. The Morgan fingerprint density at radius 1 is 1.15 bits per heavy atom. The van der Waals surface area contributed by atoms with Crippen LogP contribution >= 0.6 is 0 Å². The van der Waals surface area contributed by atoms with Crippen molar-refractivity contribution < 1.29 is 4.79 Å². The smallest absolute Gasteiger partial charge is 0.189 e. The minimum absolute atomic E-state index is 0.0693. The fourth-order valence-corrected chi connectivity index (χ4v) is 1.92. The number of carbonyl (C=O) groups excluding carboxylic acids is 1. The predicted molar refractivity (Wildman–Crippen MR) is 72.6 cm³/mol. The van der Waals surface area contributed by atoms with Crippen LogP contribution in [0.15, 0.2) is 48.9 Å². The first-order valence-electron chi connectivity index (χ1n) is 6.21. The molecule has 6 nitrogen and oxygen atoms in total. The van der Waals surface area contributed by atoms with Gasteiger partial charge in [-0.05, 0) is 17.7 Å². The van der Waals surface area contributed by atoms with Gasteiger partial charge in [0.15, 0.2) is 5.78 Å². The van der Waals surface area contributed by atoms with E-state index in [1.54, 1.807) is 10.9 Å². The Morgan fingerprint density at radius 3 is 2.65 bits per heavy atom. The summed E-state index contributed by atoms with van der Waals surface area (Å²) in [5.41, 5.74) is 2.05. The molecule has 3 aromatic rings. The van der Waals surface area contributed by atoms with Crippen molar-refractivity contribution in [3.05, 3.63) is 60.2 Å². The van der Waals surface area contributed by atoms with Crippen molar-refractivity contribution in [2.45, 2.75) is 6.42 Å². The van der Waals surface area contributed by atoms with Gasteiger partial charge in [0.1, 0.15) is 5.69 Å². The number of hydrogen-bond donors (Lipinski definition) is 0. The molecule has 0 unspecified atom stereocenters. The zero-order valence-corrected chi connectivity index (χ0v) is 11.0. The van der Waals surface area contributed by atoms with Gasteiger partial charge in [0.2, 0.25) is 0 Å². The second-order valence-electron chi connectivity index (χ2n) is 4.48. The molecule has 0 saturated carbocycles. The number of rotatable bonds is 4. The van der Waals surface area contributed by atoms with Gasteiger partial charge in [0.05, 0.1) is 18.1 Å². The van der Waals surface area contributed by atoms with Crippen molar-refractivity contribution in [3.8, 4) is 5.69 Å². The number of para-hydroxylation sites is 1. The van der Waals surface area contributed by atoms with Crippen molar-refractivity contribution in [1.82, 2.24) is 24.8 Å². The molecule has 0 amide bonds. The lowest BCUT2D eigenvalue weighted by molar-refractivity contribution is 0.0988. The summed E-state index contributed by atoms with van der Waals surface area (Å²) < 4.78 is 1.67. The standard InChI is InChI=1S/C14H13N5O/c1-18-10-11(8-15-18)7-14(20)13-9-16-19(17-13)12-5-3-2-4-6-12/h2-6,8-10H,7H2,1H3. The largest absolute Gasteiger partial charge is 0.292 e. The van der Waals surface area contributed by atoms with Crippen LogP contribution in [-0.2, 0) is 13.5 Å². The molecule has 20 heavy (non-hydrogen) atoms. The first kappa shape index (κ1) is 12.3. The molecule has 0 bridgehead atoms. The molecule has 0 spiro atoms. The maximum atomic E-state index is 12.1. The Hall–Kier alpha value is -2.76. The van der Waals surface area contributed by atoms with E-state index in [9.17, 15) is 4.79 Å². The van der Waals surface area contributed by atoms with Crippen LogP contribution in [0.2, 0.25) is 0 Å². The van der Waals surface area contributed by atoms with Crippen LogP contribution in [0.1, 0.15) is 16.1 Å². The number of aromatic nitrogens is 5. The highest BCUT2D eigenvalue weighted by Crippen LogP contribution is 2.07. The molecule has 6 heteroatoms. The third-order valence-corrected chi connectivity index (χ3v) is 2.89. The van der Waals surface area contributed by atoms with Crippen molar-refractivity contribution in [1.29, 1.82) is 0 Å². The van der Waals surface area contributed by atoms with Gasteiger partial charge in [-0.1, -0.05) is 18.2 Å². The molecule has 0 atom stereocenters. The Labute approximate surface area is 115 Å². The van der Waals surface area contributed by atoms with E-state index < -0.39 is 0 Å². The second kappa shape index (κ2) is 5.08. The molecule has 0 aliphatic carbocycles. The van der Waals surface area contributed by atoms with E-state index >= 15 is 0 Å². The van der Waals surface area contributed by atoms with Crippen LogP contribution in [0.4, 0.5) is 0 Å². The average molecular weight is 267 g/mol. The molecule has 3 rings (SSSR count). The predicted octanol–water partition coefficient (Wildman–Crippen LogP) is 1.43. The molecule has 0 saturated heterocycles. The Balaban J connectivity index is 1.78. The number of ketones is 1. The monoisotopic (exact) mass is 267 g/mol. The first-order valence-corrected chi connectivity index (χ1v) is 6.21. The highest BCUT2D eigenvalue weighted by molar-refractivity contribution is 5.95. The average Bonchev–Trinajstić information content (AvgIpc) is 3.09. The number of benzene rings is 1. The molecule has 100 valence electrons. The lowest BCUT2D eigenvalue weighted by atomic mass is 10.1. The molecular formula is C14H13N5O. The van der Waals surface area contributed by atoms with Gasteiger partial charge < -0.3 is 0 Å². The van der Waals surface area contributed by atoms with Crippen LogP contribution in [0, 0.1) is 0 Å². The molecule has 0 N–H and O–H groups in total. The van der Waals surface area contributed by atoms with Crippen LogP contribution < -0.4 is 0 Å². The van der Waals surface area contributed by atoms with Gasteiger partial charge in [-0.25, -0.2) is 0 Å². The fourth-order valence-electron chi connectivity index (χ4n) is 1.92. The molecule has 0 aliphatic heterocycles. The summed E-state index contributed by atoms with van der Waals surface area (Å²) in [5.74, 6) is -0.0693. The maximum Gasteiger partial charge on any atom is 0.189 e. The topological polar surface area (TPSA) is 65.6 Å². The highest BCUT2D eigenvalue weighted by Gasteiger charge is 2.13. The third-order valence-electron chi connectivity index (χ3n) is 2.89. The third kappa shape index (κ3) is 2.49. The van der Waals surface area contributed by atoms with Gasteiger partial charge in [-0.3, -0.25) is 9.48 Å². The summed E-state index contributed by atoms with van der Waals surface area (Å²) >= 11 is 0. The number of aryl methyl sites for hydroxylation is 1. The van der Waals surface area contributed by atoms with Gasteiger partial charge in [-0.2, -0.15) is 15.0 Å². The lowest BCUT2D eigenvalue weighted by Crippen LogP contribution is -2.05. The summed E-state index contributed by atoms with van der Waals surface area (Å²) in [7, 11) is 1.82. The summed E-state index contributed by atoms with van der Waals surface area (Å²) in [6.45, 7) is 0. The van der Waals surface area contributed by atoms with E-state index in [-0.39, 0.29) is 12.2 Å². The summed E-state index contributed by atoms with van der Waals surface area (Å²) in [6, 6.07) is 9.48. The van der Waals surface area contributed by atoms with Gasteiger partial charge in [0, 0.05) is 19.7 Å². The van der Waals surface area contributed by atoms with Crippen molar-refractivity contribution in [3.63, 3.8) is 0 Å². The van der Waals surface area contributed by atoms with E-state index in [1.807, 2.05) is 43.6 Å². The lowest BCUT2D eigenvalue weighted by Gasteiger charge is -1.97. The molecule has 0 fully saturated rings. The SMILES string of the molecule is Cn1cc(CC(=O)c2cnn(-c3ccccc3)n2)cn1. The van der Waals surface area contributed by atoms with E-state index in [0.717, 1.165) is 11.3 Å². The Bertz CT molecular complexity index is 729. The van der Waals surface area contributed by atoms with Crippen LogP contribution in [-0.4, -0.2) is 30.6 Å². The van der Waals surface area contributed by atoms with Gasteiger partial charge in [0.25, 0.3) is 0 Å². The molecule has 2 aromatic heterocycles. The quantitative estimate of drug-likeness (QED) is 0.671. The highest BCUT2D eigenvalue weighted by atomic mass is 16.1. The zero-order valence-electron chi connectivity index (χ0n) is 11.0. The Morgan fingerprint density at radius 2 is 1.95 bits per heavy atom. The first-order chi connectivity index (χ1) is 9.72. The van der Waals surface area contributed by atoms with Crippen molar-refractivity contribution >= 4 is 5.78 Å². The molecule has 2 heterocycles. The van der Waals surface area contributed by atoms with Gasteiger partial charge in [-0.15, -0.1) is 5.10 Å². The van der Waals surface area contributed by atoms with E-state index in [4.69, 9.17) is 0 Å². The Kier molecular flexibility index (Phi) is 3.12. The maximum absolute atomic E-state index is 12.1. The number of carbonyl (C=O) groups is 1. The zero-order chi connectivity index (χ0) is 13.9. The van der Waals surface area contributed by atoms with E-state index in [1.165, 1.54) is 11.0 Å². The minimum atomic E-state index is -0.0693. The minimum Gasteiger partial charge on any atom is -0.292 e. The fraction of sp³-hybridized carbons (Fsp3) is 0.143.